The van der Waals surface area contributed by atoms with Crippen molar-refractivity contribution in [1.82, 2.24) is 4.98 Å². The SMILES string of the molecule is CC(Nc1ncccc1C(=O)O)C(=O)O. The molecule has 6 nitrogen and oxygen atoms in total. The first-order chi connectivity index (χ1) is 7.02. The number of pyridine rings is 1. The average molecular weight is 210 g/mol. The Morgan fingerprint density at radius 1 is 1.47 bits per heavy atom. The summed E-state index contributed by atoms with van der Waals surface area (Å²) in [6.45, 7) is 1.41. The number of aromatic nitrogens is 1. The molecule has 0 aliphatic rings. The standard InChI is InChI=1S/C9H10N2O4/c1-5(8(12)13)11-7-6(9(14)15)3-2-4-10-7/h2-5H,1H3,(H,10,11)(H,12,13)(H,14,15). The summed E-state index contributed by atoms with van der Waals surface area (Å²) in [6.07, 6.45) is 1.39. The van der Waals surface area contributed by atoms with Gasteiger partial charge < -0.3 is 15.5 Å². The molecular formula is C9H10N2O4. The Bertz CT molecular complexity index is 391. The largest absolute Gasteiger partial charge is 0.480 e. The fourth-order valence-electron chi connectivity index (χ4n) is 0.960. The van der Waals surface area contributed by atoms with Crippen LogP contribution in [0.15, 0.2) is 18.3 Å². The molecule has 0 spiro atoms. The third kappa shape index (κ3) is 2.67. The number of rotatable bonds is 4. The molecule has 1 aromatic rings. The monoisotopic (exact) mass is 210 g/mol. The van der Waals surface area contributed by atoms with Crippen LogP contribution >= 0.6 is 0 Å². The van der Waals surface area contributed by atoms with Crippen molar-refractivity contribution in [3.05, 3.63) is 23.9 Å². The molecule has 0 aliphatic heterocycles. The number of anilines is 1. The van der Waals surface area contributed by atoms with E-state index in [0.29, 0.717) is 0 Å². The first kappa shape index (κ1) is 11.0. The Balaban J connectivity index is 2.94. The van der Waals surface area contributed by atoms with Gasteiger partial charge in [-0.1, -0.05) is 0 Å². The zero-order chi connectivity index (χ0) is 11.4. The van der Waals surface area contributed by atoms with Crippen LogP contribution in [0.1, 0.15) is 17.3 Å². The van der Waals surface area contributed by atoms with Gasteiger partial charge in [0, 0.05) is 6.20 Å². The van der Waals surface area contributed by atoms with Crippen LogP contribution in [-0.2, 0) is 4.79 Å². The van der Waals surface area contributed by atoms with Crippen molar-refractivity contribution in [2.24, 2.45) is 0 Å². The van der Waals surface area contributed by atoms with Crippen molar-refractivity contribution in [2.75, 3.05) is 5.32 Å². The molecule has 1 heterocycles. The summed E-state index contributed by atoms with van der Waals surface area (Å²) < 4.78 is 0. The number of aromatic carboxylic acids is 1. The van der Waals surface area contributed by atoms with E-state index in [4.69, 9.17) is 10.2 Å². The Hall–Kier alpha value is -2.11. The van der Waals surface area contributed by atoms with Crippen LogP contribution in [0.3, 0.4) is 0 Å². The summed E-state index contributed by atoms with van der Waals surface area (Å²) in [4.78, 5) is 25.1. The third-order valence-electron chi connectivity index (χ3n) is 1.76. The topological polar surface area (TPSA) is 99.5 Å². The van der Waals surface area contributed by atoms with Gasteiger partial charge >= 0.3 is 11.9 Å². The molecule has 0 bridgehead atoms. The second kappa shape index (κ2) is 4.41. The number of nitrogens with zero attached hydrogens (tertiary/aromatic N) is 1. The molecule has 0 amide bonds. The molecule has 1 unspecified atom stereocenters. The van der Waals surface area contributed by atoms with E-state index in [1.54, 1.807) is 0 Å². The van der Waals surface area contributed by atoms with Gasteiger partial charge in [0.1, 0.15) is 17.4 Å². The third-order valence-corrected chi connectivity index (χ3v) is 1.76. The first-order valence-electron chi connectivity index (χ1n) is 4.20. The van der Waals surface area contributed by atoms with Crippen LogP contribution in [0.25, 0.3) is 0 Å². The van der Waals surface area contributed by atoms with Crippen molar-refractivity contribution < 1.29 is 19.8 Å². The second-order valence-corrected chi connectivity index (χ2v) is 2.91. The van der Waals surface area contributed by atoms with Gasteiger partial charge in [0.25, 0.3) is 0 Å². The first-order valence-corrected chi connectivity index (χ1v) is 4.20. The van der Waals surface area contributed by atoms with E-state index >= 15 is 0 Å². The van der Waals surface area contributed by atoms with Gasteiger partial charge in [-0.25, -0.2) is 9.78 Å². The van der Waals surface area contributed by atoms with Crippen LogP contribution in [0, 0.1) is 0 Å². The van der Waals surface area contributed by atoms with E-state index in [2.05, 4.69) is 10.3 Å². The smallest absolute Gasteiger partial charge is 0.339 e. The summed E-state index contributed by atoms with van der Waals surface area (Å²) in [5, 5.41) is 19.9. The fourth-order valence-corrected chi connectivity index (χ4v) is 0.960. The predicted octanol–water partition coefficient (Wildman–Crippen LogP) is 0.665. The van der Waals surface area contributed by atoms with Gasteiger partial charge in [-0.05, 0) is 19.1 Å². The number of carboxylic acids is 2. The number of carboxylic acid groups (broad SMARTS) is 2. The van der Waals surface area contributed by atoms with E-state index < -0.39 is 18.0 Å². The molecule has 0 fully saturated rings. The summed E-state index contributed by atoms with van der Waals surface area (Å²) in [7, 11) is 0. The van der Waals surface area contributed by atoms with Gasteiger partial charge in [-0.15, -0.1) is 0 Å². The minimum atomic E-state index is -1.15. The van der Waals surface area contributed by atoms with E-state index in [9.17, 15) is 9.59 Å². The highest BCUT2D eigenvalue weighted by Crippen LogP contribution is 2.12. The molecule has 0 saturated heterocycles. The zero-order valence-electron chi connectivity index (χ0n) is 7.97. The Kier molecular flexibility index (Phi) is 3.22. The highest BCUT2D eigenvalue weighted by atomic mass is 16.4. The summed E-state index contributed by atoms with van der Waals surface area (Å²) in [6, 6.07) is 1.93. The van der Waals surface area contributed by atoms with Crippen molar-refractivity contribution in [1.29, 1.82) is 0 Å². The van der Waals surface area contributed by atoms with Crippen molar-refractivity contribution in [3.8, 4) is 0 Å². The van der Waals surface area contributed by atoms with E-state index in [-0.39, 0.29) is 11.4 Å². The van der Waals surface area contributed by atoms with Gasteiger partial charge in [-0.2, -0.15) is 0 Å². The van der Waals surface area contributed by atoms with Crippen LogP contribution < -0.4 is 5.32 Å². The number of nitrogens with one attached hydrogen (secondary N) is 1. The lowest BCUT2D eigenvalue weighted by molar-refractivity contribution is -0.137. The molecule has 0 saturated carbocycles. The van der Waals surface area contributed by atoms with Crippen LogP contribution in [0.4, 0.5) is 5.82 Å². The van der Waals surface area contributed by atoms with Crippen molar-refractivity contribution >= 4 is 17.8 Å². The van der Waals surface area contributed by atoms with E-state index in [1.807, 2.05) is 0 Å². The van der Waals surface area contributed by atoms with Gasteiger partial charge in [0.2, 0.25) is 0 Å². The Morgan fingerprint density at radius 3 is 2.67 bits per heavy atom. The molecule has 1 rings (SSSR count). The zero-order valence-corrected chi connectivity index (χ0v) is 7.97. The molecule has 0 aromatic carbocycles. The lowest BCUT2D eigenvalue weighted by Gasteiger charge is -2.11. The van der Waals surface area contributed by atoms with Gasteiger partial charge in [-0.3, -0.25) is 4.79 Å². The number of hydrogen-bond donors (Lipinski definition) is 3. The molecule has 0 aliphatic carbocycles. The second-order valence-electron chi connectivity index (χ2n) is 2.91. The maximum Gasteiger partial charge on any atom is 0.339 e. The van der Waals surface area contributed by atoms with Gasteiger partial charge in [0.05, 0.1) is 0 Å². The number of carbonyl (C=O) groups is 2. The maximum absolute atomic E-state index is 10.7. The van der Waals surface area contributed by atoms with Crippen LogP contribution in [0.5, 0.6) is 0 Å². The Labute approximate surface area is 85.6 Å². The minimum Gasteiger partial charge on any atom is -0.480 e. The lowest BCUT2D eigenvalue weighted by atomic mass is 10.2. The minimum absolute atomic E-state index is 0.0504. The molecule has 1 aromatic heterocycles. The highest BCUT2D eigenvalue weighted by molar-refractivity contribution is 5.93. The number of hydrogen-bond acceptors (Lipinski definition) is 4. The molecule has 15 heavy (non-hydrogen) atoms. The lowest BCUT2D eigenvalue weighted by Crippen LogP contribution is -2.27. The molecule has 80 valence electrons. The van der Waals surface area contributed by atoms with Crippen LogP contribution in [-0.4, -0.2) is 33.2 Å². The van der Waals surface area contributed by atoms with Gasteiger partial charge in [0.15, 0.2) is 0 Å². The van der Waals surface area contributed by atoms with Crippen LogP contribution in [0.2, 0.25) is 0 Å². The van der Waals surface area contributed by atoms with Crippen molar-refractivity contribution in [2.45, 2.75) is 13.0 Å². The maximum atomic E-state index is 10.7. The average Bonchev–Trinajstić information content (AvgIpc) is 2.18. The highest BCUT2D eigenvalue weighted by Gasteiger charge is 2.16. The number of aliphatic carboxylic acids is 1. The fraction of sp³-hybridized carbons (Fsp3) is 0.222. The predicted molar refractivity (Wildman–Crippen MR) is 51.9 cm³/mol. The Morgan fingerprint density at radius 2 is 2.13 bits per heavy atom. The van der Waals surface area contributed by atoms with E-state index in [1.165, 1.54) is 25.3 Å². The molecule has 6 heteroatoms. The molecule has 3 N–H and O–H groups in total. The molecule has 0 radical (unpaired) electrons. The van der Waals surface area contributed by atoms with E-state index in [0.717, 1.165) is 0 Å². The summed E-state index contributed by atoms with van der Waals surface area (Å²) in [5.74, 6) is -2.17. The summed E-state index contributed by atoms with van der Waals surface area (Å²) >= 11 is 0. The quantitative estimate of drug-likeness (QED) is 0.675. The summed E-state index contributed by atoms with van der Waals surface area (Å²) in [5.41, 5.74) is -0.0504. The molecule has 1 atom stereocenters. The normalized spacial score (nSPS) is 11.8. The molecular weight excluding hydrogens is 200 g/mol. The van der Waals surface area contributed by atoms with Crippen molar-refractivity contribution in [3.63, 3.8) is 0 Å².